The summed E-state index contributed by atoms with van der Waals surface area (Å²) in [6.45, 7) is 2.18. The number of nitrogens with two attached hydrogens (primary N) is 1. The molecule has 3 aromatic rings. The highest BCUT2D eigenvalue weighted by molar-refractivity contribution is 7.99. The lowest BCUT2D eigenvalue weighted by atomic mass is 9.79. The molecule has 0 aliphatic carbocycles. The summed E-state index contributed by atoms with van der Waals surface area (Å²) in [7, 11) is 2.93. The number of carbonyl (C=O) groups is 1. The number of benzene rings is 2. The van der Waals surface area contributed by atoms with Gasteiger partial charge in [0, 0.05) is 41.6 Å². The Kier molecular flexibility index (Phi) is 10.1. The van der Waals surface area contributed by atoms with Crippen LogP contribution >= 0.6 is 11.8 Å². The van der Waals surface area contributed by atoms with Crippen LogP contribution < -0.4 is 10.5 Å². The molecule has 6 nitrogen and oxygen atoms in total. The molecule has 0 radical (unpaired) electrons. The van der Waals surface area contributed by atoms with Gasteiger partial charge in [0.1, 0.15) is 23.2 Å². The highest BCUT2D eigenvalue weighted by Crippen LogP contribution is 2.34. The third kappa shape index (κ3) is 7.64. The van der Waals surface area contributed by atoms with Crippen LogP contribution in [0.1, 0.15) is 37.4 Å². The molecule has 1 unspecified atom stereocenters. The minimum Gasteiger partial charge on any atom is -0.497 e. The molecule has 4 rings (SSSR count). The first-order valence-electron chi connectivity index (χ1n) is 13.0. The maximum atomic E-state index is 14.9. The molecule has 210 valence electrons. The van der Waals surface area contributed by atoms with Crippen LogP contribution in [-0.4, -0.2) is 55.5 Å². The van der Waals surface area contributed by atoms with Crippen LogP contribution in [0.5, 0.6) is 5.75 Å². The number of fused-ring (bicyclic) bond motifs is 1. The van der Waals surface area contributed by atoms with Crippen LogP contribution in [0.4, 0.5) is 13.2 Å². The molecule has 0 spiro atoms. The molecule has 39 heavy (non-hydrogen) atoms. The van der Waals surface area contributed by atoms with E-state index in [4.69, 9.17) is 15.2 Å². The molecule has 0 bridgehead atoms. The first-order valence-corrected chi connectivity index (χ1v) is 14.0. The molecular formula is C29H34F3N3O3S. The smallest absolute Gasteiger partial charge is 0.305 e. The Labute approximate surface area is 231 Å². The van der Waals surface area contributed by atoms with Crippen LogP contribution in [0.25, 0.3) is 10.9 Å². The lowest BCUT2D eigenvalue weighted by Crippen LogP contribution is -2.42. The molecule has 1 aliphatic rings. The summed E-state index contributed by atoms with van der Waals surface area (Å²) in [4.78, 5) is 19.2. The fraction of sp³-hybridized carbons (Fsp3) is 0.448. The Bertz CT molecular complexity index is 1300. The van der Waals surface area contributed by atoms with Gasteiger partial charge in [-0.05, 0) is 80.1 Å². The van der Waals surface area contributed by atoms with E-state index in [-0.39, 0.29) is 29.9 Å². The molecule has 3 atom stereocenters. The quantitative estimate of drug-likeness (QED) is 0.237. The standard InChI is InChI=1S/C29H34F3N3O3S/c1-37-22-5-8-26-19(13-22)14-24(32)29(34-26)25(33)7-3-18-9-10-35(17-20(18)15-28(36)38-2)11-12-39-27-16-21(30)4-6-23(27)31/h4-6,8,13-14,16,18,20,25H,3,7,9-12,15,17,33H2,1-2H3/t18?,20-,25-/m1/s1. The van der Waals surface area contributed by atoms with Crippen molar-refractivity contribution in [2.45, 2.75) is 36.6 Å². The molecule has 1 fully saturated rings. The summed E-state index contributed by atoms with van der Waals surface area (Å²) in [5.74, 6) is -0.125. The fourth-order valence-corrected chi connectivity index (χ4v) is 6.17. The molecule has 1 saturated heterocycles. The first kappa shape index (κ1) is 29.2. The van der Waals surface area contributed by atoms with Gasteiger partial charge in [0.05, 0.1) is 25.4 Å². The van der Waals surface area contributed by atoms with E-state index in [1.54, 1.807) is 25.3 Å². The third-order valence-electron chi connectivity index (χ3n) is 7.39. The van der Waals surface area contributed by atoms with Gasteiger partial charge in [-0.25, -0.2) is 18.2 Å². The zero-order valence-corrected chi connectivity index (χ0v) is 23.0. The van der Waals surface area contributed by atoms with Crippen LogP contribution in [0, 0.1) is 29.3 Å². The Morgan fingerprint density at radius 1 is 1.13 bits per heavy atom. The highest BCUT2D eigenvalue weighted by Gasteiger charge is 2.31. The predicted molar refractivity (Wildman–Crippen MR) is 146 cm³/mol. The van der Waals surface area contributed by atoms with Gasteiger partial charge in [-0.2, -0.15) is 0 Å². The van der Waals surface area contributed by atoms with Crippen LogP contribution in [0.2, 0.25) is 0 Å². The van der Waals surface area contributed by atoms with Gasteiger partial charge >= 0.3 is 5.97 Å². The maximum Gasteiger partial charge on any atom is 0.305 e. The van der Waals surface area contributed by atoms with Crippen molar-refractivity contribution in [1.29, 1.82) is 0 Å². The van der Waals surface area contributed by atoms with E-state index in [1.807, 2.05) is 0 Å². The van der Waals surface area contributed by atoms with E-state index < -0.39 is 23.5 Å². The third-order valence-corrected chi connectivity index (χ3v) is 8.40. The zero-order chi connectivity index (χ0) is 27.9. The zero-order valence-electron chi connectivity index (χ0n) is 22.2. The van der Waals surface area contributed by atoms with Crippen molar-refractivity contribution < 1.29 is 27.4 Å². The van der Waals surface area contributed by atoms with E-state index in [0.29, 0.717) is 46.8 Å². The molecule has 2 aromatic carbocycles. The number of pyridine rings is 1. The molecule has 2 N–H and O–H groups in total. The number of thioether (sulfide) groups is 1. The average Bonchev–Trinajstić information content (AvgIpc) is 2.93. The number of hydrogen-bond acceptors (Lipinski definition) is 7. The molecule has 1 aromatic heterocycles. The molecule has 1 aliphatic heterocycles. The minimum atomic E-state index is -0.578. The fourth-order valence-electron chi connectivity index (χ4n) is 5.20. The largest absolute Gasteiger partial charge is 0.497 e. The molecule has 2 heterocycles. The summed E-state index contributed by atoms with van der Waals surface area (Å²) < 4.78 is 52.5. The minimum absolute atomic E-state index is 0.0520. The van der Waals surface area contributed by atoms with E-state index in [0.717, 1.165) is 31.5 Å². The van der Waals surface area contributed by atoms with Crippen LogP contribution in [-0.2, 0) is 9.53 Å². The van der Waals surface area contributed by atoms with Crippen molar-refractivity contribution >= 4 is 28.6 Å². The number of piperidine rings is 1. The monoisotopic (exact) mass is 561 g/mol. The van der Waals surface area contributed by atoms with Gasteiger partial charge in [0.25, 0.3) is 0 Å². The lowest BCUT2D eigenvalue weighted by molar-refractivity contribution is -0.142. The van der Waals surface area contributed by atoms with Gasteiger partial charge in [-0.3, -0.25) is 4.79 Å². The van der Waals surface area contributed by atoms with Gasteiger partial charge in [0.2, 0.25) is 0 Å². The summed E-state index contributed by atoms with van der Waals surface area (Å²) in [6, 6.07) is 9.61. The van der Waals surface area contributed by atoms with Gasteiger partial charge in [-0.1, -0.05) is 0 Å². The van der Waals surface area contributed by atoms with Gasteiger partial charge in [-0.15, -0.1) is 11.8 Å². The molecular weight excluding hydrogens is 527 g/mol. The summed E-state index contributed by atoms with van der Waals surface area (Å²) in [6.07, 6.45) is 2.38. The number of methoxy groups -OCH3 is 2. The van der Waals surface area contributed by atoms with E-state index in [1.165, 1.54) is 31.0 Å². The predicted octanol–water partition coefficient (Wildman–Crippen LogP) is 5.73. The Hall–Kier alpha value is -2.82. The number of rotatable bonds is 11. The average molecular weight is 562 g/mol. The number of nitrogens with zero attached hydrogens (tertiary/aromatic N) is 2. The number of hydrogen-bond donors (Lipinski definition) is 1. The Morgan fingerprint density at radius 3 is 2.72 bits per heavy atom. The second-order valence-corrected chi connectivity index (χ2v) is 11.0. The van der Waals surface area contributed by atoms with E-state index >= 15 is 0 Å². The maximum absolute atomic E-state index is 14.9. The Balaban J connectivity index is 1.36. The lowest BCUT2D eigenvalue weighted by Gasteiger charge is -2.38. The summed E-state index contributed by atoms with van der Waals surface area (Å²) in [5.41, 5.74) is 7.30. The van der Waals surface area contributed by atoms with Crippen LogP contribution in [0.3, 0.4) is 0 Å². The SMILES string of the molecule is COC(=O)C[C@@H]1CN(CCSc2cc(F)ccc2F)CCC1CC[C@@H](N)c1nc2ccc(OC)cc2cc1F. The normalized spacial score (nSPS) is 18.7. The summed E-state index contributed by atoms with van der Waals surface area (Å²) >= 11 is 1.28. The van der Waals surface area contributed by atoms with Crippen molar-refractivity contribution in [2.75, 3.05) is 39.6 Å². The number of carbonyl (C=O) groups excluding carboxylic acids is 1. The first-order chi connectivity index (χ1) is 18.8. The van der Waals surface area contributed by atoms with Crippen molar-refractivity contribution in [3.05, 3.63) is 65.6 Å². The van der Waals surface area contributed by atoms with Gasteiger partial charge in [0.15, 0.2) is 0 Å². The second kappa shape index (κ2) is 13.5. The van der Waals surface area contributed by atoms with E-state index in [2.05, 4.69) is 9.88 Å². The van der Waals surface area contributed by atoms with E-state index in [9.17, 15) is 18.0 Å². The molecule has 0 saturated carbocycles. The Morgan fingerprint density at radius 2 is 1.95 bits per heavy atom. The second-order valence-electron chi connectivity index (χ2n) is 9.91. The topological polar surface area (TPSA) is 77.7 Å². The van der Waals surface area contributed by atoms with Crippen LogP contribution in [0.15, 0.2) is 47.4 Å². The van der Waals surface area contributed by atoms with Gasteiger partial charge < -0.3 is 20.1 Å². The van der Waals surface area contributed by atoms with Crippen molar-refractivity contribution in [2.24, 2.45) is 17.6 Å². The number of ether oxygens (including phenoxy) is 2. The number of likely N-dealkylation sites (tertiary alicyclic amines) is 1. The molecule has 0 amide bonds. The number of halogens is 3. The van der Waals surface area contributed by atoms with Crippen molar-refractivity contribution in [1.82, 2.24) is 9.88 Å². The van der Waals surface area contributed by atoms with Crippen molar-refractivity contribution in [3.63, 3.8) is 0 Å². The number of aromatic nitrogens is 1. The highest BCUT2D eigenvalue weighted by atomic mass is 32.2. The number of esters is 1. The molecule has 10 heteroatoms. The summed E-state index contributed by atoms with van der Waals surface area (Å²) in [5, 5.41) is 0.645. The van der Waals surface area contributed by atoms with Crippen molar-refractivity contribution in [3.8, 4) is 5.75 Å².